The van der Waals surface area contributed by atoms with Crippen molar-refractivity contribution in [2.75, 3.05) is 11.9 Å². The van der Waals surface area contributed by atoms with Gasteiger partial charge in [0.15, 0.2) is 0 Å². The van der Waals surface area contributed by atoms with E-state index in [0.29, 0.717) is 5.66 Å². The van der Waals surface area contributed by atoms with Crippen molar-refractivity contribution in [1.29, 1.82) is 0 Å². The van der Waals surface area contributed by atoms with Crippen LogP contribution in [0.5, 0.6) is 0 Å². The average Bonchev–Trinajstić information content (AvgIpc) is 2.29. The molecule has 2 atom stereocenters. The van der Waals surface area contributed by atoms with Gasteiger partial charge in [0, 0.05) is 22.9 Å². The van der Waals surface area contributed by atoms with E-state index in [-0.39, 0.29) is 0 Å². The molecule has 0 amide bonds. The predicted molar refractivity (Wildman–Crippen MR) is 61.6 cm³/mol. The number of hydrogen-bond donors (Lipinski definition) is 1. The molecule has 1 nitrogen and oxygen atoms in total. The molecule has 1 heterocycles. The Morgan fingerprint density at radius 2 is 2.31 bits per heavy atom. The second-order valence-electron chi connectivity index (χ2n) is 3.41. The molecule has 2 rings (SSSR count). The normalized spacial score (nSPS) is 21.5. The molecule has 0 bridgehead atoms. The zero-order chi connectivity index (χ0) is 9.26. The van der Waals surface area contributed by atoms with Crippen molar-refractivity contribution in [3.05, 3.63) is 28.8 Å². The van der Waals surface area contributed by atoms with E-state index in [0.717, 1.165) is 11.6 Å². The Bertz CT molecular complexity index is 314. The van der Waals surface area contributed by atoms with Crippen LogP contribution in [0.4, 0.5) is 5.69 Å². The fourth-order valence-corrected chi connectivity index (χ4v) is 2.39. The fourth-order valence-electron chi connectivity index (χ4n) is 1.70. The second kappa shape index (κ2) is 3.86. The van der Waals surface area contributed by atoms with Crippen LogP contribution in [-0.4, -0.2) is 6.54 Å². The molecule has 0 aromatic heterocycles. The van der Waals surface area contributed by atoms with E-state index >= 15 is 0 Å². The molecule has 0 radical (unpaired) electrons. The first-order valence-electron chi connectivity index (χ1n) is 4.56. The minimum atomic E-state index is 0.545. The number of hydrogen-bond acceptors (Lipinski definition) is 1. The van der Waals surface area contributed by atoms with Crippen LogP contribution < -0.4 is 5.32 Å². The smallest absolute Gasteiger partial charge is 0.0410 e. The molecule has 1 aliphatic heterocycles. The maximum atomic E-state index is 5.96. The van der Waals surface area contributed by atoms with Gasteiger partial charge < -0.3 is 5.32 Å². The number of halogens is 1. The van der Waals surface area contributed by atoms with Gasteiger partial charge in [-0.2, -0.15) is 0 Å². The first-order chi connectivity index (χ1) is 6.27. The first-order valence-corrected chi connectivity index (χ1v) is 5.61. The molecule has 0 aliphatic carbocycles. The standard InChI is InChI=1S/C10H13ClNP/c11-7-3-4-9-8(6-7)10(13)2-1-5-12-9/h3-4,6,10,12H,1-2,5,13H2. The van der Waals surface area contributed by atoms with Gasteiger partial charge >= 0.3 is 0 Å². The quantitative estimate of drug-likeness (QED) is 0.651. The molecule has 0 spiro atoms. The third kappa shape index (κ3) is 1.98. The Hall–Kier alpha value is -0.260. The van der Waals surface area contributed by atoms with E-state index in [9.17, 15) is 0 Å². The van der Waals surface area contributed by atoms with Crippen molar-refractivity contribution in [3.8, 4) is 0 Å². The van der Waals surface area contributed by atoms with Crippen LogP contribution in [-0.2, 0) is 0 Å². The summed E-state index contributed by atoms with van der Waals surface area (Å²) in [7, 11) is 2.89. The van der Waals surface area contributed by atoms with Gasteiger partial charge in [0.1, 0.15) is 0 Å². The number of benzene rings is 1. The maximum Gasteiger partial charge on any atom is 0.0410 e. The Kier molecular flexibility index (Phi) is 2.76. The van der Waals surface area contributed by atoms with Crippen LogP contribution in [0, 0.1) is 0 Å². The van der Waals surface area contributed by atoms with Crippen LogP contribution in [0.25, 0.3) is 0 Å². The second-order valence-corrected chi connectivity index (χ2v) is 4.65. The Morgan fingerprint density at radius 3 is 3.15 bits per heavy atom. The van der Waals surface area contributed by atoms with Crippen molar-refractivity contribution in [2.45, 2.75) is 18.5 Å². The summed E-state index contributed by atoms with van der Waals surface area (Å²) in [4.78, 5) is 0. The van der Waals surface area contributed by atoms with E-state index in [1.54, 1.807) is 0 Å². The van der Waals surface area contributed by atoms with Gasteiger partial charge in [0.2, 0.25) is 0 Å². The van der Waals surface area contributed by atoms with E-state index in [1.165, 1.54) is 24.1 Å². The van der Waals surface area contributed by atoms with Gasteiger partial charge in [-0.25, -0.2) is 0 Å². The number of anilines is 1. The van der Waals surface area contributed by atoms with Gasteiger partial charge in [0.25, 0.3) is 0 Å². The average molecular weight is 214 g/mol. The summed E-state index contributed by atoms with van der Waals surface area (Å²) in [6.07, 6.45) is 2.44. The predicted octanol–water partition coefficient (Wildman–Crippen LogP) is 3.46. The third-order valence-electron chi connectivity index (χ3n) is 2.42. The molecule has 0 saturated carbocycles. The van der Waals surface area contributed by atoms with Crippen LogP contribution >= 0.6 is 20.8 Å². The summed E-state index contributed by atoms with van der Waals surface area (Å²) >= 11 is 5.96. The highest BCUT2D eigenvalue weighted by Crippen LogP contribution is 2.36. The lowest BCUT2D eigenvalue weighted by molar-refractivity contribution is 0.772. The van der Waals surface area contributed by atoms with Crippen LogP contribution in [0.15, 0.2) is 18.2 Å². The molecule has 0 saturated heterocycles. The van der Waals surface area contributed by atoms with Gasteiger partial charge in [-0.15, -0.1) is 9.24 Å². The summed E-state index contributed by atoms with van der Waals surface area (Å²) in [6.45, 7) is 1.07. The van der Waals surface area contributed by atoms with Gasteiger partial charge in [-0.05, 0) is 36.6 Å². The van der Waals surface area contributed by atoms with Crippen LogP contribution in [0.3, 0.4) is 0 Å². The molecular weight excluding hydrogens is 201 g/mol. The highest BCUT2D eigenvalue weighted by atomic mass is 35.5. The SMILES string of the molecule is PC1CCCNc2ccc(Cl)cc21. The minimum absolute atomic E-state index is 0.545. The number of rotatable bonds is 0. The van der Waals surface area contributed by atoms with Gasteiger partial charge in [-0.3, -0.25) is 0 Å². The first kappa shape index (κ1) is 9.30. The van der Waals surface area contributed by atoms with Crippen LogP contribution in [0.2, 0.25) is 5.02 Å². The molecule has 13 heavy (non-hydrogen) atoms. The number of nitrogens with one attached hydrogen (secondary N) is 1. The third-order valence-corrected chi connectivity index (χ3v) is 3.35. The topological polar surface area (TPSA) is 12.0 Å². The Labute approximate surface area is 86.1 Å². The maximum absolute atomic E-state index is 5.96. The number of fused-ring (bicyclic) bond motifs is 1. The van der Waals surface area contributed by atoms with Gasteiger partial charge in [-0.1, -0.05) is 11.6 Å². The lowest BCUT2D eigenvalue weighted by Gasteiger charge is -2.12. The van der Waals surface area contributed by atoms with Crippen molar-refractivity contribution < 1.29 is 0 Å². The summed E-state index contributed by atoms with van der Waals surface area (Å²) in [6, 6.07) is 6.07. The molecular formula is C10H13ClNP. The van der Waals surface area contributed by atoms with Gasteiger partial charge in [0.05, 0.1) is 0 Å². The van der Waals surface area contributed by atoms with Crippen molar-refractivity contribution >= 4 is 26.5 Å². The highest BCUT2D eigenvalue weighted by Gasteiger charge is 2.14. The molecule has 1 aliphatic rings. The molecule has 1 aromatic carbocycles. The van der Waals surface area contributed by atoms with Crippen molar-refractivity contribution in [2.24, 2.45) is 0 Å². The summed E-state index contributed by atoms with van der Waals surface area (Å²) in [5, 5.41) is 4.24. The van der Waals surface area contributed by atoms with Crippen LogP contribution in [0.1, 0.15) is 24.1 Å². The van der Waals surface area contributed by atoms with Crippen molar-refractivity contribution in [3.63, 3.8) is 0 Å². The highest BCUT2D eigenvalue weighted by molar-refractivity contribution is 7.17. The monoisotopic (exact) mass is 213 g/mol. The lowest BCUT2D eigenvalue weighted by Crippen LogP contribution is -1.98. The summed E-state index contributed by atoms with van der Waals surface area (Å²) in [5.41, 5.74) is 3.11. The molecule has 1 N–H and O–H groups in total. The molecule has 3 heteroatoms. The van der Waals surface area contributed by atoms with E-state index in [4.69, 9.17) is 11.6 Å². The zero-order valence-corrected chi connectivity index (χ0v) is 9.30. The molecule has 1 aromatic rings. The summed E-state index contributed by atoms with van der Waals surface area (Å²) in [5.74, 6) is 0. The zero-order valence-electron chi connectivity index (χ0n) is 7.39. The van der Waals surface area contributed by atoms with E-state index in [2.05, 4.69) is 26.7 Å². The summed E-state index contributed by atoms with van der Waals surface area (Å²) < 4.78 is 0. The largest absolute Gasteiger partial charge is 0.385 e. The lowest BCUT2D eigenvalue weighted by atomic mass is 10.1. The fraction of sp³-hybridized carbons (Fsp3) is 0.400. The van der Waals surface area contributed by atoms with E-state index in [1.807, 2.05) is 6.07 Å². The Balaban J connectivity index is 2.43. The Morgan fingerprint density at radius 1 is 1.46 bits per heavy atom. The van der Waals surface area contributed by atoms with E-state index < -0.39 is 0 Å². The molecule has 70 valence electrons. The minimum Gasteiger partial charge on any atom is -0.385 e. The molecule has 2 unspecified atom stereocenters. The van der Waals surface area contributed by atoms with Crippen molar-refractivity contribution in [1.82, 2.24) is 0 Å². The molecule has 0 fully saturated rings.